The molecule has 0 saturated heterocycles. The first kappa shape index (κ1) is 23.5. The average molecular weight is 452 g/mol. The van der Waals surface area contributed by atoms with Crippen LogP contribution in [-0.2, 0) is 12.2 Å². The first-order valence-corrected chi connectivity index (χ1v) is 12.5. The Bertz CT molecular complexity index is 995. The minimum atomic E-state index is 0.0368. The highest BCUT2D eigenvalue weighted by molar-refractivity contribution is 8.07. The van der Waals surface area contributed by atoms with Gasteiger partial charge < -0.3 is 4.74 Å². The number of ether oxygens (including phenoxy) is 1. The number of nitrogens with zero attached hydrogens (tertiary/aromatic N) is 2. The summed E-state index contributed by atoms with van der Waals surface area (Å²) in [7, 11) is 0. The predicted molar refractivity (Wildman–Crippen MR) is 135 cm³/mol. The summed E-state index contributed by atoms with van der Waals surface area (Å²) in [6, 6.07) is 15.0. The SMILES string of the molecule is C=N/C=C(\SCc1ccc(OC(C)C)c(C#N)c1)c1cccc2c1CCC2NSCC. The van der Waals surface area contributed by atoms with Gasteiger partial charge in [0.15, 0.2) is 0 Å². The van der Waals surface area contributed by atoms with E-state index < -0.39 is 0 Å². The Balaban J connectivity index is 1.80. The summed E-state index contributed by atoms with van der Waals surface area (Å²) in [6.45, 7) is 9.77. The van der Waals surface area contributed by atoms with Gasteiger partial charge in [-0.1, -0.05) is 43.1 Å². The standard InChI is InChI=1S/C25H29N3OS2/c1-5-31-28-23-11-10-20-21(23)7-6-8-22(20)25(15-27-4)30-16-18-9-12-24(29-17(2)3)19(13-18)14-26/h6-9,12-13,15,17,23,28H,4-5,10-11,16H2,1-3H3/b25-15-. The van der Waals surface area contributed by atoms with Gasteiger partial charge in [-0.3, -0.25) is 9.71 Å². The zero-order chi connectivity index (χ0) is 22.2. The van der Waals surface area contributed by atoms with E-state index in [1.54, 1.807) is 23.7 Å². The monoisotopic (exact) mass is 451 g/mol. The molecule has 31 heavy (non-hydrogen) atoms. The van der Waals surface area contributed by atoms with Gasteiger partial charge in [0.25, 0.3) is 0 Å². The van der Waals surface area contributed by atoms with Crippen LogP contribution in [0.2, 0.25) is 0 Å². The number of nitrogens with one attached hydrogen (secondary N) is 1. The molecule has 0 spiro atoms. The Kier molecular flexibility index (Phi) is 8.65. The fraction of sp³-hybridized carbons (Fsp3) is 0.360. The van der Waals surface area contributed by atoms with Crippen molar-refractivity contribution in [3.05, 3.63) is 70.4 Å². The van der Waals surface area contributed by atoms with Gasteiger partial charge in [0.05, 0.1) is 11.7 Å². The van der Waals surface area contributed by atoms with Crippen molar-refractivity contribution in [1.82, 2.24) is 4.72 Å². The Hall–Kier alpha value is -2.20. The van der Waals surface area contributed by atoms with E-state index in [1.165, 1.54) is 16.7 Å². The molecule has 0 fully saturated rings. The fourth-order valence-corrected chi connectivity index (χ4v) is 5.34. The molecule has 0 radical (unpaired) electrons. The molecular formula is C25H29N3OS2. The molecule has 3 rings (SSSR count). The Morgan fingerprint density at radius 1 is 1.39 bits per heavy atom. The molecule has 0 saturated carbocycles. The molecule has 0 bridgehead atoms. The second kappa shape index (κ2) is 11.4. The summed E-state index contributed by atoms with van der Waals surface area (Å²) >= 11 is 3.50. The smallest absolute Gasteiger partial charge is 0.137 e. The van der Waals surface area contributed by atoms with Crippen molar-refractivity contribution in [3.63, 3.8) is 0 Å². The lowest BCUT2D eigenvalue weighted by molar-refractivity contribution is 0.241. The number of thioether (sulfide) groups is 1. The van der Waals surface area contributed by atoms with Crippen LogP contribution in [0.3, 0.4) is 0 Å². The number of hydrogen-bond donors (Lipinski definition) is 1. The third kappa shape index (κ3) is 5.94. The Labute approximate surface area is 194 Å². The number of benzene rings is 2. The highest BCUT2D eigenvalue weighted by Crippen LogP contribution is 2.41. The summed E-state index contributed by atoms with van der Waals surface area (Å²) in [5.41, 5.74) is 5.68. The second-order valence-electron chi connectivity index (χ2n) is 7.59. The van der Waals surface area contributed by atoms with E-state index in [2.05, 4.69) is 47.6 Å². The quantitative estimate of drug-likeness (QED) is 0.329. The highest BCUT2D eigenvalue weighted by atomic mass is 32.2. The van der Waals surface area contributed by atoms with Crippen LogP contribution in [-0.4, -0.2) is 18.6 Å². The third-order valence-corrected chi connectivity index (χ3v) is 6.89. The lowest BCUT2D eigenvalue weighted by atomic mass is 10.0. The van der Waals surface area contributed by atoms with E-state index >= 15 is 0 Å². The molecule has 162 valence electrons. The molecule has 4 nitrogen and oxygen atoms in total. The lowest BCUT2D eigenvalue weighted by Gasteiger charge is -2.15. The molecule has 1 atom stereocenters. The van der Waals surface area contributed by atoms with Crippen LogP contribution >= 0.6 is 23.7 Å². The van der Waals surface area contributed by atoms with Crippen LogP contribution in [0.1, 0.15) is 61.1 Å². The molecule has 1 aliphatic rings. The Morgan fingerprint density at radius 3 is 2.94 bits per heavy atom. The highest BCUT2D eigenvalue weighted by Gasteiger charge is 2.25. The number of nitriles is 1. The normalized spacial score (nSPS) is 15.6. The van der Waals surface area contributed by atoms with E-state index in [1.807, 2.05) is 38.2 Å². The van der Waals surface area contributed by atoms with E-state index in [9.17, 15) is 5.26 Å². The summed E-state index contributed by atoms with van der Waals surface area (Å²) < 4.78 is 9.33. The third-order valence-electron chi connectivity index (χ3n) is 5.04. The van der Waals surface area contributed by atoms with Gasteiger partial charge in [-0.15, -0.1) is 11.8 Å². The number of hydrogen-bond acceptors (Lipinski definition) is 6. The van der Waals surface area contributed by atoms with Gasteiger partial charge in [-0.25, -0.2) is 0 Å². The molecule has 1 N–H and O–H groups in total. The first-order valence-electron chi connectivity index (χ1n) is 10.5. The van der Waals surface area contributed by atoms with Gasteiger partial charge in [-0.05, 0) is 67.8 Å². The fourth-order valence-electron chi connectivity index (χ4n) is 3.73. The van der Waals surface area contributed by atoms with E-state index in [0.29, 0.717) is 17.4 Å². The maximum atomic E-state index is 9.51. The van der Waals surface area contributed by atoms with Crippen molar-refractivity contribution in [2.24, 2.45) is 4.99 Å². The van der Waals surface area contributed by atoms with Crippen LogP contribution in [0.15, 0.2) is 47.6 Å². The number of rotatable bonds is 10. The lowest BCUT2D eigenvalue weighted by Crippen LogP contribution is -2.11. The number of fused-ring (bicyclic) bond motifs is 1. The summed E-state index contributed by atoms with van der Waals surface area (Å²) in [6.07, 6.45) is 4.06. The van der Waals surface area contributed by atoms with Crippen molar-refractivity contribution in [2.75, 3.05) is 5.75 Å². The van der Waals surface area contributed by atoms with Gasteiger partial charge >= 0.3 is 0 Å². The van der Waals surface area contributed by atoms with Gasteiger partial charge in [-0.2, -0.15) is 5.26 Å². The van der Waals surface area contributed by atoms with Crippen molar-refractivity contribution in [2.45, 2.75) is 51.5 Å². The molecule has 6 heteroatoms. The van der Waals surface area contributed by atoms with Gasteiger partial charge in [0, 0.05) is 28.7 Å². The minimum Gasteiger partial charge on any atom is -0.490 e. The summed E-state index contributed by atoms with van der Waals surface area (Å²) in [5.74, 6) is 2.44. The molecule has 2 aromatic rings. The van der Waals surface area contributed by atoms with Crippen molar-refractivity contribution >= 4 is 35.3 Å². The summed E-state index contributed by atoms with van der Waals surface area (Å²) in [4.78, 5) is 5.18. The topological polar surface area (TPSA) is 57.4 Å². The Morgan fingerprint density at radius 2 is 2.23 bits per heavy atom. The first-order chi connectivity index (χ1) is 15.1. The average Bonchev–Trinajstić information content (AvgIpc) is 3.18. The summed E-state index contributed by atoms with van der Waals surface area (Å²) in [5, 5.41) is 9.51. The van der Waals surface area contributed by atoms with Crippen LogP contribution in [0.5, 0.6) is 5.75 Å². The minimum absolute atomic E-state index is 0.0368. The van der Waals surface area contributed by atoms with Crippen molar-refractivity contribution in [1.29, 1.82) is 5.26 Å². The van der Waals surface area contributed by atoms with E-state index in [4.69, 9.17) is 4.74 Å². The second-order valence-corrected chi connectivity index (χ2v) is 9.71. The molecular weight excluding hydrogens is 422 g/mol. The van der Waals surface area contributed by atoms with Gasteiger partial charge in [0.1, 0.15) is 11.8 Å². The van der Waals surface area contributed by atoms with Crippen molar-refractivity contribution in [3.8, 4) is 11.8 Å². The van der Waals surface area contributed by atoms with E-state index in [-0.39, 0.29) is 6.10 Å². The molecule has 0 aromatic heterocycles. The van der Waals surface area contributed by atoms with Crippen LogP contribution < -0.4 is 9.46 Å². The van der Waals surface area contributed by atoms with Crippen LogP contribution in [0, 0.1) is 11.3 Å². The maximum absolute atomic E-state index is 9.51. The predicted octanol–water partition coefficient (Wildman–Crippen LogP) is 6.52. The zero-order valence-corrected chi connectivity index (χ0v) is 20.0. The van der Waals surface area contributed by atoms with Gasteiger partial charge in [0.2, 0.25) is 0 Å². The van der Waals surface area contributed by atoms with Crippen LogP contribution in [0.4, 0.5) is 0 Å². The number of aliphatic imine (C=N–C) groups is 1. The maximum Gasteiger partial charge on any atom is 0.137 e. The zero-order valence-electron chi connectivity index (χ0n) is 18.4. The molecule has 1 unspecified atom stereocenters. The van der Waals surface area contributed by atoms with Crippen LogP contribution in [0.25, 0.3) is 4.91 Å². The molecule has 0 amide bonds. The molecule has 2 aromatic carbocycles. The van der Waals surface area contributed by atoms with Crippen molar-refractivity contribution < 1.29 is 4.74 Å². The molecule has 1 aliphatic carbocycles. The molecule has 0 heterocycles. The van der Waals surface area contributed by atoms with E-state index in [0.717, 1.165) is 34.8 Å². The molecule has 0 aliphatic heterocycles. The largest absolute Gasteiger partial charge is 0.490 e.